The maximum Gasteiger partial charge on any atom is 0.264 e. The molecule has 0 heterocycles. The van der Waals surface area contributed by atoms with Crippen molar-refractivity contribution < 1.29 is 18.0 Å². The number of nitrogens with one attached hydrogen (secondary N) is 1. The number of anilines is 1. The Morgan fingerprint density at radius 1 is 0.766 bits per heavy atom. The second-order valence-electron chi connectivity index (χ2n) is 12.7. The van der Waals surface area contributed by atoms with Crippen LogP contribution in [0.2, 0.25) is 0 Å². The first-order valence-corrected chi connectivity index (χ1v) is 17.8. The second kappa shape index (κ2) is 15.0. The van der Waals surface area contributed by atoms with E-state index in [1.165, 1.54) is 4.31 Å². The molecule has 0 saturated heterocycles. The second-order valence-corrected chi connectivity index (χ2v) is 14.6. The fourth-order valence-corrected chi connectivity index (χ4v) is 7.64. The van der Waals surface area contributed by atoms with Gasteiger partial charge >= 0.3 is 0 Å². The van der Waals surface area contributed by atoms with E-state index in [0.717, 1.165) is 59.1 Å². The zero-order valence-corrected chi connectivity index (χ0v) is 28.6. The van der Waals surface area contributed by atoms with Crippen molar-refractivity contribution in [2.75, 3.05) is 10.8 Å². The third-order valence-corrected chi connectivity index (χ3v) is 11.0. The number of benzene rings is 4. The summed E-state index contributed by atoms with van der Waals surface area (Å²) in [6, 6.07) is 28.9. The molecule has 0 bridgehead atoms. The average Bonchev–Trinajstić information content (AvgIpc) is 3.57. The van der Waals surface area contributed by atoms with Crippen LogP contribution < -0.4 is 9.62 Å². The largest absolute Gasteiger partial charge is 0.352 e. The van der Waals surface area contributed by atoms with E-state index in [1.807, 2.05) is 88.4 Å². The van der Waals surface area contributed by atoms with Crippen LogP contribution in [-0.4, -0.2) is 43.8 Å². The molecule has 1 unspecified atom stereocenters. The molecule has 246 valence electrons. The maximum absolute atomic E-state index is 14.7. The molecule has 1 saturated carbocycles. The molecule has 0 aliphatic heterocycles. The number of rotatable bonds is 12. The third-order valence-electron chi connectivity index (χ3n) is 9.18. The molecule has 5 rings (SSSR count). The summed E-state index contributed by atoms with van der Waals surface area (Å²) in [6.45, 7) is 7.37. The molecule has 8 heteroatoms. The highest BCUT2D eigenvalue weighted by Gasteiger charge is 2.36. The maximum atomic E-state index is 14.7. The van der Waals surface area contributed by atoms with Crippen molar-refractivity contribution in [2.24, 2.45) is 0 Å². The van der Waals surface area contributed by atoms with Gasteiger partial charge in [0.2, 0.25) is 11.8 Å². The number of hydrogen-bond donors (Lipinski definition) is 1. The van der Waals surface area contributed by atoms with Crippen molar-refractivity contribution >= 4 is 27.5 Å². The van der Waals surface area contributed by atoms with Crippen LogP contribution in [0.15, 0.2) is 102 Å². The van der Waals surface area contributed by atoms with Gasteiger partial charge in [0, 0.05) is 19.0 Å². The van der Waals surface area contributed by atoms with Gasteiger partial charge < -0.3 is 10.2 Å². The van der Waals surface area contributed by atoms with Gasteiger partial charge in [0.05, 0.1) is 10.6 Å². The van der Waals surface area contributed by atoms with E-state index in [4.69, 9.17) is 0 Å². The number of sulfonamides is 1. The minimum absolute atomic E-state index is 0.0606. The fraction of sp³-hybridized carbons (Fsp3) is 0.333. The Bertz CT molecular complexity index is 1780. The number of nitrogens with zero attached hydrogens (tertiary/aromatic N) is 2. The molecule has 1 aliphatic rings. The summed E-state index contributed by atoms with van der Waals surface area (Å²) in [5.74, 6) is -0.675. The van der Waals surface area contributed by atoms with Gasteiger partial charge in [-0.1, -0.05) is 103 Å². The Kier molecular flexibility index (Phi) is 10.8. The lowest BCUT2D eigenvalue weighted by Crippen LogP contribution is -2.54. The van der Waals surface area contributed by atoms with E-state index in [9.17, 15) is 18.0 Å². The van der Waals surface area contributed by atoms with Crippen LogP contribution >= 0.6 is 0 Å². The zero-order chi connectivity index (χ0) is 33.6. The van der Waals surface area contributed by atoms with E-state index in [0.29, 0.717) is 12.1 Å². The molecule has 0 spiro atoms. The Balaban J connectivity index is 1.58. The molecule has 1 fully saturated rings. The number of aryl methyl sites for hydroxylation is 3. The smallest absolute Gasteiger partial charge is 0.264 e. The minimum Gasteiger partial charge on any atom is -0.352 e. The molecule has 47 heavy (non-hydrogen) atoms. The number of hydrogen-bond acceptors (Lipinski definition) is 4. The molecular weight excluding hydrogens is 607 g/mol. The monoisotopic (exact) mass is 651 g/mol. The quantitative estimate of drug-likeness (QED) is 0.182. The van der Waals surface area contributed by atoms with Crippen LogP contribution in [-0.2, 0) is 32.6 Å². The molecule has 0 aromatic heterocycles. The van der Waals surface area contributed by atoms with Gasteiger partial charge in [-0.25, -0.2) is 8.42 Å². The molecule has 7 nitrogen and oxygen atoms in total. The lowest BCUT2D eigenvalue weighted by Gasteiger charge is -2.34. The third kappa shape index (κ3) is 8.30. The van der Waals surface area contributed by atoms with Crippen LogP contribution in [0.5, 0.6) is 0 Å². The van der Waals surface area contributed by atoms with Crippen LogP contribution in [0.1, 0.15) is 59.1 Å². The van der Waals surface area contributed by atoms with Gasteiger partial charge in [0.1, 0.15) is 12.6 Å². The zero-order valence-electron chi connectivity index (χ0n) is 27.8. The molecule has 2 amide bonds. The van der Waals surface area contributed by atoms with Gasteiger partial charge in [-0.2, -0.15) is 0 Å². The van der Waals surface area contributed by atoms with Gasteiger partial charge in [-0.15, -0.1) is 0 Å². The Morgan fingerprint density at radius 2 is 1.38 bits per heavy atom. The first-order chi connectivity index (χ1) is 22.5. The molecule has 0 radical (unpaired) electrons. The summed E-state index contributed by atoms with van der Waals surface area (Å²) in [4.78, 5) is 30.6. The van der Waals surface area contributed by atoms with Crippen LogP contribution in [0.3, 0.4) is 0 Å². The van der Waals surface area contributed by atoms with Crippen molar-refractivity contribution in [3.05, 3.63) is 130 Å². The van der Waals surface area contributed by atoms with Gasteiger partial charge in [-0.05, 0) is 81.0 Å². The average molecular weight is 652 g/mol. The predicted octanol–water partition coefficient (Wildman–Crippen LogP) is 6.81. The molecule has 1 aliphatic carbocycles. The number of carbonyl (C=O) groups excluding carboxylic acids is 2. The van der Waals surface area contributed by atoms with E-state index in [-0.39, 0.29) is 23.4 Å². The standard InChI is InChI=1S/C39H45N3O4S/c1-28-17-21-33(22-18-28)26-41(37(25-32-12-6-5-7-13-32)39(44)40-34-14-8-9-15-34)38(43)27-42(36-16-10-11-30(3)31(36)4)47(45,46)35-23-19-29(2)20-24-35/h5-7,10-13,16-24,34,37H,8-9,14-15,25-27H2,1-4H3,(H,40,44). The van der Waals surface area contributed by atoms with E-state index < -0.39 is 28.5 Å². The summed E-state index contributed by atoms with van der Waals surface area (Å²) in [6.07, 6.45) is 4.23. The van der Waals surface area contributed by atoms with Crippen molar-refractivity contribution in [1.29, 1.82) is 0 Å². The summed E-state index contributed by atoms with van der Waals surface area (Å²) in [5, 5.41) is 3.23. The molecule has 1 N–H and O–H groups in total. The number of carbonyl (C=O) groups is 2. The van der Waals surface area contributed by atoms with Crippen molar-refractivity contribution in [3.8, 4) is 0 Å². The van der Waals surface area contributed by atoms with Crippen molar-refractivity contribution in [3.63, 3.8) is 0 Å². The molecule has 1 atom stereocenters. The van der Waals surface area contributed by atoms with Crippen LogP contribution in [0.25, 0.3) is 0 Å². The van der Waals surface area contributed by atoms with E-state index in [1.54, 1.807) is 41.3 Å². The minimum atomic E-state index is -4.16. The van der Waals surface area contributed by atoms with Gasteiger partial charge in [0.25, 0.3) is 10.0 Å². The van der Waals surface area contributed by atoms with E-state index >= 15 is 0 Å². The fourth-order valence-electron chi connectivity index (χ4n) is 6.17. The lowest BCUT2D eigenvalue weighted by atomic mass is 10.0. The number of amides is 2. The summed E-state index contributed by atoms with van der Waals surface area (Å²) < 4.78 is 29.9. The Morgan fingerprint density at radius 3 is 2.02 bits per heavy atom. The van der Waals surface area contributed by atoms with Crippen molar-refractivity contribution in [2.45, 2.75) is 83.3 Å². The summed E-state index contributed by atoms with van der Waals surface area (Å²) >= 11 is 0. The highest BCUT2D eigenvalue weighted by Crippen LogP contribution is 2.30. The molecular formula is C39H45N3O4S. The predicted molar refractivity (Wildman–Crippen MR) is 188 cm³/mol. The summed E-state index contributed by atoms with van der Waals surface area (Å²) in [5.41, 5.74) is 5.89. The first kappa shape index (κ1) is 33.9. The van der Waals surface area contributed by atoms with Crippen molar-refractivity contribution in [1.82, 2.24) is 10.2 Å². The molecule has 4 aromatic carbocycles. The highest BCUT2D eigenvalue weighted by molar-refractivity contribution is 7.92. The summed E-state index contributed by atoms with van der Waals surface area (Å²) in [7, 11) is -4.16. The normalized spacial score (nSPS) is 14.0. The first-order valence-electron chi connectivity index (χ1n) is 16.4. The molecule has 4 aromatic rings. The van der Waals surface area contributed by atoms with Gasteiger partial charge in [0.15, 0.2) is 0 Å². The topological polar surface area (TPSA) is 86.8 Å². The lowest BCUT2D eigenvalue weighted by molar-refractivity contribution is -0.140. The highest BCUT2D eigenvalue weighted by atomic mass is 32.2. The Hall–Kier alpha value is -4.43. The van der Waals surface area contributed by atoms with Gasteiger partial charge in [-0.3, -0.25) is 13.9 Å². The Labute approximate surface area is 279 Å². The van der Waals surface area contributed by atoms with E-state index in [2.05, 4.69) is 5.32 Å². The van der Waals surface area contributed by atoms with Crippen LogP contribution in [0.4, 0.5) is 5.69 Å². The SMILES string of the molecule is Cc1ccc(CN(C(=O)CN(c2cccc(C)c2C)S(=O)(=O)c2ccc(C)cc2)C(Cc2ccccc2)C(=O)NC2CCCC2)cc1. The van der Waals surface area contributed by atoms with Crippen LogP contribution in [0, 0.1) is 27.7 Å².